The maximum atomic E-state index is 12.4. The van der Waals surface area contributed by atoms with Crippen LogP contribution in [0.4, 0.5) is 0 Å². The molecule has 4 rings (SSSR count). The SMILES string of the molecule is CCCC(N)OC1CC(=N)C2NC(=O)CN(CC3=CC=C(CN4CCCC4)CC=C3)C2=N1. The third kappa shape index (κ3) is 5.74. The lowest BCUT2D eigenvalue weighted by Crippen LogP contribution is -2.63. The van der Waals surface area contributed by atoms with Gasteiger partial charge in [0.15, 0.2) is 6.23 Å². The van der Waals surface area contributed by atoms with Crippen molar-refractivity contribution in [3.63, 3.8) is 0 Å². The monoisotopic (exact) mass is 440 g/mol. The summed E-state index contributed by atoms with van der Waals surface area (Å²) in [5, 5.41) is 11.4. The summed E-state index contributed by atoms with van der Waals surface area (Å²) in [6, 6.07) is -0.477. The van der Waals surface area contributed by atoms with Crippen LogP contribution >= 0.6 is 0 Å². The zero-order valence-corrected chi connectivity index (χ0v) is 19.1. The highest BCUT2D eigenvalue weighted by atomic mass is 16.5. The first-order chi connectivity index (χ1) is 15.5. The Morgan fingerprint density at radius 1 is 1.31 bits per heavy atom. The number of carbonyl (C=O) groups excluding carboxylic acids is 1. The minimum absolute atomic E-state index is 0.0794. The number of piperazine rings is 1. The predicted octanol–water partition coefficient (Wildman–Crippen LogP) is 1.94. The van der Waals surface area contributed by atoms with E-state index in [1.165, 1.54) is 31.5 Å². The highest BCUT2D eigenvalue weighted by Gasteiger charge is 2.38. The van der Waals surface area contributed by atoms with Gasteiger partial charge in [-0.15, -0.1) is 0 Å². The second kappa shape index (κ2) is 10.6. The molecule has 1 aliphatic carbocycles. The van der Waals surface area contributed by atoms with E-state index in [0.29, 0.717) is 24.5 Å². The normalized spacial score (nSPS) is 27.3. The largest absolute Gasteiger partial charge is 0.345 e. The van der Waals surface area contributed by atoms with Crippen LogP contribution in [0, 0.1) is 5.41 Å². The van der Waals surface area contributed by atoms with Crippen LogP contribution in [-0.2, 0) is 9.53 Å². The Bertz CT molecular complexity index is 839. The molecule has 0 saturated carbocycles. The number of rotatable bonds is 8. The summed E-state index contributed by atoms with van der Waals surface area (Å²) in [6.45, 7) is 6.28. The van der Waals surface area contributed by atoms with E-state index in [0.717, 1.165) is 31.4 Å². The summed E-state index contributed by atoms with van der Waals surface area (Å²) in [5.74, 6) is 0.624. The molecule has 3 aliphatic heterocycles. The van der Waals surface area contributed by atoms with Crippen LogP contribution in [0.5, 0.6) is 0 Å². The van der Waals surface area contributed by atoms with Crippen molar-refractivity contribution < 1.29 is 9.53 Å². The van der Waals surface area contributed by atoms with Crippen LogP contribution in [0.2, 0.25) is 0 Å². The minimum atomic E-state index is -0.477. The van der Waals surface area contributed by atoms with E-state index < -0.39 is 18.5 Å². The Morgan fingerprint density at radius 3 is 2.91 bits per heavy atom. The van der Waals surface area contributed by atoms with Gasteiger partial charge in [-0.05, 0) is 44.3 Å². The van der Waals surface area contributed by atoms with E-state index >= 15 is 0 Å². The van der Waals surface area contributed by atoms with E-state index in [2.05, 4.69) is 41.4 Å². The lowest BCUT2D eigenvalue weighted by atomic mass is 9.99. The first kappa shape index (κ1) is 22.9. The number of nitrogens with two attached hydrogens (primary N) is 1. The fourth-order valence-electron chi connectivity index (χ4n) is 4.76. The number of amidine groups is 1. The van der Waals surface area contributed by atoms with Crippen LogP contribution in [0.1, 0.15) is 45.4 Å². The number of ether oxygens (including phenoxy) is 1. The third-order valence-corrected chi connectivity index (χ3v) is 6.39. The molecule has 3 heterocycles. The fraction of sp³-hybridized carbons (Fsp3) is 0.625. The molecule has 8 nitrogen and oxygen atoms in total. The first-order valence-corrected chi connectivity index (χ1v) is 11.9. The van der Waals surface area contributed by atoms with E-state index in [4.69, 9.17) is 20.9 Å². The number of amides is 1. The highest BCUT2D eigenvalue weighted by molar-refractivity contribution is 6.15. The maximum Gasteiger partial charge on any atom is 0.240 e. The smallest absolute Gasteiger partial charge is 0.240 e. The molecule has 174 valence electrons. The van der Waals surface area contributed by atoms with Gasteiger partial charge in [0.1, 0.15) is 18.1 Å². The van der Waals surface area contributed by atoms with Crippen LogP contribution in [0.15, 0.2) is 40.4 Å². The molecule has 0 radical (unpaired) electrons. The summed E-state index contributed by atoms with van der Waals surface area (Å²) in [6.07, 6.45) is 13.5. The van der Waals surface area contributed by atoms with Gasteiger partial charge in [-0.25, -0.2) is 4.99 Å². The van der Waals surface area contributed by atoms with Crippen molar-refractivity contribution in [3.8, 4) is 0 Å². The number of hydrogen-bond acceptors (Lipinski definition) is 7. The molecule has 4 aliphatic rings. The predicted molar refractivity (Wildman–Crippen MR) is 127 cm³/mol. The second-order valence-electron chi connectivity index (χ2n) is 9.15. The van der Waals surface area contributed by atoms with Gasteiger partial charge >= 0.3 is 0 Å². The minimum Gasteiger partial charge on any atom is -0.345 e. The third-order valence-electron chi connectivity index (χ3n) is 6.39. The van der Waals surface area contributed by atoms with Gasteiger partial charge in [-0.1, -0.05) is 43.2 Å². The fourth-order valence-corrected chi connectivity index (χ4v) is 4.76. The van der Waals surface area contributed by atoms with Crippen LogP contribution in [0.3, 0.4) is 0 Å². The Labute approximate surface area is 190 Å². The standard InChI is InChI=1S/C24H36N6O2/c1-2-6-20(26)32-22-13-19(25)23-24(28-22)30(16-21(31)27-23)15-18-8-5-7-17(9-10-18)14-29-11-3-4-12-29/h5,8-10,20,22-23,25H,2-4,6-7,11-16,26H2,1H3,(H,27,31). The highest BCUT2D eigenvalue weighted by Crippen LogP contribution is 2.22. The Kier molecular flexibility index (Phi) is 7.55. The first-order valence-electron chi connectivity index (χ1n) is 11.9. The van der Waals surface area contributed by atoms with Gasteiger partial charge in [0.2, 0.25) is 5.91 Å². The zero-order valence-electron chi connectivity index (χ0n) is 19.1. The van der Waals surface area contributed by atoms with E-state index in [9.17, 15) is 4.79 Å². The molecule has 32 heavy (non-hydrogen) atoms. The Hall–Kier alpha value is -2.29. The molecule has 8 heteroatoms. The van der Waals surface area contributed by atoms with Crippen molar-refractivity contribution >= 4 is 17.5 Å². The second-order valence-corrected chi connectivity index (χ2v) is 9.15. The van der Waals surface area contributed by atoms with Gasteiger partial charge in [-0.3, -0.25) is 9.69 Å². The molecule has 0 aromatic carbocycles. The summed E-state index contributed by atoms with van der Waals surface area (Å²) < 4.78 is 5.88. The Balaban J connectivity index is 1.47. The van der Waals surface area contributed by atoms with Crippen molar-refractivity contribution in [1.29, 1.82) is 5.41 Å². The number of fused-ring (bicyclic) bond motifs is 1. The van der Waals surface area contributed by atoms with Crippen molar-refractivity contribution in [2.45, 2.75) is 63.9 Å². The molecule has 0 aromatic heterocycles. The molecular weight excluding hydrogens is 404 g/mol. The molecule has 2 saturated heterocycles. The van der Waals surface area contributed by atoms with Gasteiger partial charge < -0.3 is 26.1 Å². The van der Waals surface area contributed by atoms with Crippen molar-refractivity contribution in [2.24, 2.45) is 10.7 Å². The van der Waals surface area contributed by atoms with Crippen molar-refractivity contribution in [3.05, 3.63) is 35.5 Å². The summed E-state index contributed by atoms with van der Waals surface area (Å²) >= 11 is 0. The van der Waals surface area contributed by atoms with Gasteiger partial charge in [0, 0.05) is 25.2 Å². The van der Waals surface area contributed by atoms with Crippen LogP contribution in [0.25, 0.3) is 0 Å². The maximum absolute atomic E-state index is 12.4. The molecule has 4 N–H and O–H groups in total. The number of aliphatic imine (C=N–C) groups is 1. The summed E-state index contributed by atoms with van der Waals surface area (Å²) in [5.41, 5.74) is 9.02. The number of allylic oxidation sites excluding steroid dienone is 3. The summed E-state index contributed by atoms with van der Waals surface area (Å²) in [4.78, 5) is 21.6. The molecule has 3 unspecified atom stereocenters. The van der Waals surface area contributed by atoms with Gasteiger partial charge in [0.05, 0.1) is 6.54 Å². The molecule has 1 amide bonds. The lowest BCUT2D eigenvalue weighted by Gasteiger charge is -2.40. The molecule has 0 bridgehead atoms. The van der Waals surface area contributed by atoms with Gasteiger partial charge in [0.25, 0.3) is 0 Å². The molecular formula is C24H36N6O2. The number of carbonyl (C=O) groups is 1. The molecule has 2 fully saturated rings. The Morgan fingerprint density at radius 2 is 2.12 bits per heavy atom. The van der Waals surface area contributed by atoms with E-state index in [1.54, 1.807) is 0 Å². The van der Waals surface area contributed by atoms with Crippen molar-refractivity contribution in [1.82, 2.24) is 15.1 Å². The molecule has 0 aromatic rings. The van der Waals surface area contributed by atoms with E-state index in [-0.39, 0.29) is 12.5 Å². The van der Waals surface area contributed by atoms with Crippen LogP contribution < -0.4 is 11.1 Å². The average molecular weight is 441 g/mol. The van der Waals surface area contributed by atoms with E-state index in [1.807, 2.05) is 4.90 Å². The van der Waals surface area contributed by atoms with Crippen molar-refractivity contribution in [2.75, 3.05) is 32.7 Å². The number of likely N-dealkylation sites (tertiary alicyclic amines) is 1. The zero-order chi connectivity index (χ0) is 22.5. The summed E-state index contributed by atoms with van der Waals surface area (Å²) in [7, 11) is 0. The number of nitrogens with one attached hydrogen (secondary N) is 2. The number of hydrogen-bond donors (Lipinski definition) is 3. The molecule has 3 atom stereocenters. The van der Waals surface area contributed by atoms with Gasteiger partial charge in [-0.2, -0.15) is 0 Å². The quantitative estimate of drug-likeness (QED) is 0.500. The average Bonchev–Trinajstić information content (AvgIpc) is 3.16. The van der Waals surface area contributed by atoms with Crippen LogP contribution in [-0.4, -0.2) is 78.5 Å². The number of nitrogens with zero attached hydrogens (tertiary/aromatic N) is 3. The lowest BCUT2D eigenvalue weighted by molar-refractivity contribution is -0.122. The molecule has 0 spiro atoms. The topological polar surface area (TPSA) is 107 Å².